The molecule has 0 aliphatic carbocycles. The molecule has 14 heavy (non-hydrogen) atoms. The van der Waals surface area contributed by atoms with E-state index in [1.54, 1.807) is 0 Å². The van der Waals surface area contributed by atoms with Gasteiger partial charge in [0, 0.05) is 12.6 Å². The van der Waals surface area contributed by atoms with Crippen molar-refractivity contribution >= 4 is 0 Å². The molecule has 5 heteroatoms. The first-order valence-electron chi connectivity index (χ1n) is 4.16. The molecule has 0 radical (unpaired) electrons. The van der Waals surface area contributed by atoms with Gasteiger partial charge in [-0.2, -0.15) is 0 Å². The number of aliphatic hydroxyl groups excluding tert-OH is 1. The van der Waals surface area contributed by atoms with Gasteiger partial charge in [-0.15, -0.1) is 0 Å². The Morgan fingerprint density at radius 3 is 2.57 bits per heavy atom. The molecular weight excluding hydrogens is 186 g/mol. The maximum absolute atomic E-state index is 9.11. The fourth-order valence-electron chi connectivity index (χ4n) is 0.853. The van der Waals surface area contributed by atoms with Crippen molar-refractivity contribution in [3.05, 3.63) is 18.2 Å². The van der Waals surface area contributed by atoms with Crippen LogP contribution in [0.15, 0.2) is 18.2 Å². The molecule has 0 amide bonds. The van der Waals surface area contributed by atoms with Crippen molar-refractivity contribution in [2.45, 2.75) is 6.10 Å². The van der Waals surface area contributed by atoms with Crippen LogP contribution in [0.4, 0.5) is 0 Å². The molecule has 0 heterocycles. The van der Waals surface area contributed by atoms with Gasteiger partial charge in [0.1, 0.15) is 18.5 Å². The van der Waals surface area contributed by atoms with Crippen molar-refractivity contribution < 1.29 is 20.1 Å². The predicted molar refractivity (Wildman–Crippen MR) is 50.3 cm³/mol. The summed E-state index contributed by atoms with van der Waals surface area (Å²) < 4.78 is 5.09. The summed E-state index contributed by atoms with van der Waals surface area (Å²) in [6.45, 7) is 0.171. The fraction of sp³-hybridized carbons (Fsp3) is 0.333. The van der Waals surface area contributed by atoms with Gasteiger partial charge in [0.2, 0.25) is 0 Å². The molecule has 78 valence electrons. The fourth-order valence-corrected chi connectivity index (χ4v) is 0.853. The Balaban J connectivity index is 2.55. The van der Waals surface area contributed by atoms with Crippen LogP contribution in [0, 0.1) is 0 Å². The standard InChI is InChI=1S/C9H13NO4/c10-4-6(11)5-14-7-1-2-8(12)9(13)3-7/h1-3,6,11-13H,4-5,10H2. The zero-order valence-electron chi connectivity index (χ0n) is 7.55. The van der Waals surface area contributed by atoms with E-state index >= 15 is 0 Å². The summed E-state index contributed by atoms with van der Waals surface area (Å²) in [4.78, 5) is 0. The van der Waals surface area contributed by atoms with Crippen LogP contribution in [-0.4, -0.2) is 34.6 Å². The van der Waals surface area contributed by atoms with E-state index in [0.29, 0.717) is 5.75 Å². The molecular formula is C9H13NO4. The third-order valence-electron chi connectivity index (χ3n) is 1.66. The Kier molecular flexibility index (Phi) is 3.55. The first-order valence-corrected chi connectivity index (χ1v) is 4.16. The molecule has 0 aliphatic heterocycles. The number of ether oxygens (including phenoxy) is 1. The smallest absolute Gasteiger partial charge is 0.161 e. The zero-order valence-corrected chi connectivity index (χ0v) is 7.55. The van der Waals surface area contributed by atoms with E-state index in [0.717, 1.165) is 0 Å². The van der Waals surface area contributed by atoms with E-state index in [1.807, 2.05) is 0 Å². The number of rotatable bonds is 4. The third kappa shape index (κ3) is 2.79. The maximum Gasteiger partial charge on any atom is 0.161 e. The van der Waals surface area contributed by atoms with Crippen molar-refractivity contribution in [3.8, 4) is 17.2 Å². The third-order valence-corrected chi connectivity index (χ3v) is 1.66. The summed E-state index contributed by atoms with van der Waals surface area (Å²) in [5.74, 6) is -0.103. The average molecular weight is 199 g/mol. The van der Waals surface area contributed by atoms with Gasteiger partial charge in [0.15, 0.2) is 11.5 Å². The van der Waals surface area contributed by atoms with Crippen LogP contribution in [0.2, 0.25) is 0 Å². The molecule has 5 nitrogen and oxygen atoms in total. The summed E-state index contributed by atoms with van der Waals surface area (Å²) in [6.07, 6.45) is -0.731. The highest BCUT2D eigenvalue weighted by molar-refractivity contribution is 5.43. The predicted octanol–water partition coefficient (Wildman–Crippen LogP) is -0.204. The van der Waals surface area contributed by atoms with Crippen LogP contribution in [-0.2, 0) is 0 Å². The van der Waals surface area contributed by atoms with Gasteiger partial charge in [0.25, 0.3) is 0 Å². The topological polar surface area (TPSA) is 95.9 Å². The summed E-state index contributed by atoms with van der Waals surface area (Å²) in [5.41, 5.74) is 5.17. The summed E-state index contributed by atoms with van der Waals surface area (Å²) in [5, 5.41) is 27.2. The van der Waals surface area contributed by atoms with Gasteiger partial charge in [-0.05, 0) is 12.1 Å². The van der Waals surface area contributed by atoms with Crippen molar-refractivity contribution in [3.63, 3.8) is 0 Å². The first-order chi connectivity index (χ1) is 6.63. The van der Waals surface area contributed by atoms with Gasteiger partial charge in [-0.3, -0.25) is 0 Å². The Labute approximate surface area is 81.4 Å². The number of hydrogen-bond acceptors (Lipinski definition) is 5. The van der Waals surface area contributed by atoms with Gasteiger partial charge >= 0.3 is 0 Å². The van der Waals surface area contributed by atoms with Crippen LogP contribution in [0.25, 0.3) is 0 Å². The number of phenols is 2. The number of hydrogen-bond donors (Lipinski definition) is 4. The SMILES string of the molecule is NCC(O)COc1ccc(O)c(O)c1. The van der Waals surface area contributed by atoms with E-state index in [4.69, 9.17) is 25.8 Å². The highest BCUT2D eigenvalue weighted by atomic mass is 16.5. The van der Waals surface area contributed by atoms with Gasteiger partial charge in [0.05, 0.1) is 0 Å². The molecule has 0 saturated heterocycles. The minimum atomic E-state index is -0.731. The number of aromatic hydroxyl groups is 2. The number of nitrogens with two attached hydrogens (primary N) is 1. The molecule has 1 aromatic carbocycles. The minimum absolute atomic E-state index is 0.0563. The second kappa shape index (κ2) is 4.69. The number of benzene rings is 1. The van der Waals surface area contributed by atoms with Gasteiger partial charge < -0.3 is 25.8 Å². The van der Waals surface area contributed by atoms with E-state index in [2.05, 4.69) is 0 Å². The highest BCUT2D eigenvalue weighted by Gasteiger charge is 2.04. The van der Waals surface area contributed by atoms with Crippen molar-refractivity contribution in [1.82, 2.24) is 0 Å². The lowest BCUT2D eigenvalue weighted by molar-refractivity contribution is 0.114. The molecule has 0 aliphatic rings. The summed E-state index contributed by atoms with van der Waals surface area (Å²) in [6, 6.07) is 4.05. The molecule has 0 aromatic heterocycles. The average Bonchev–Trinajstić information content (AvgIpc) is 2.19. The Hall–Kier alpha value is -1.46. The molecule has 1 aromatic rings. The number of phenolic OH excluding ortho intramolecular Hbond substituents is 2. The van der Waals surface area contributed by atoms with Gasteiger partial charge in [-0.25, -0.2) is 0 Å². The van der Waals surface area contributed by atoms with E-state index in [9.17, 15) is 0 Å². The summed E-state index contributed by atoms with van der Waals surface area (Å²) in [7, 11) is 0. The first kappa shape index (κ1) is 10.6. The normalized spacial score (nSPS) is 12.4. The zero-order chi connectivity index (χ0) is 10.6. The Morgan fingerprint density at radius 2 is 2.00 bits per heavy atom. The quantitative estimate of drug-likeness (QED) is 0.503. The van der Waals surface area contributed by atoms with Crippen LogP contribution in [0.3, 0.4) is 0 Å². The van der Waals surface area contributed by atoms with Crippen molar-refractivity contribution in [2.24, 2.45) is 5.73 Å². The number of aliphatic hydroxyl groups is 1. The summed E-state index contributed by atoms with van der Waals surface area (Å²) >= 11 is 0. The molecule has 0 saturated carbocycles. The van der Waals surface area contributed by atoms with Crippen LogP contribution >= 0.6 is 0 Å². The monoisotopic (exact) mass is 199 g/mol. The van der Waals surface area contributed by atoms with Crippen LogP contribution in [0.5, 0.6) is 17.2 Å². The largest absolute Gasteiger partial charge is 0.504 e. The molecule has 0 bridgehead atoms. The molecule has 1 atom stereocenters. The van der Waals surface area contributed by atoms with Crippen molar-refractivity contribution in [1.29, 1.82) is 0 Å². The minimum Gasteiger partial charge on any atom is -0.504 e. The highest BCUT2D eigenvalue weighted by Crippen LogP contribution is 2.28. The molecule has 0 fully saturated rings. The van der Waals surface area contributed by atoms with E-state index in [-0.39, 0.29) is 24.7 Å². The molecule has 1 unspecified atom stereocenters. The molecule has 0 spiro atoms. The lowest BCUT2D eigenvalue weighted by Crippen LogP contribution is -2.26. The molecule has 1 rings (SSSR count). The second-order valence-electron chi connectivity index (χ2n) is 2.85. The lowest BCUT2D eigenvalue weighted by atomic mass is 10.3. The molecule has 5 N–H and O–H groups in total. The van der Waals surface area contributed by atoms with E-state index in [1.165, 1.54) is 18.2 Å². The lowest BCUT2D eigenvalue weighted by Gasteiger charge is -2.10. The second-order valence-corrected chi connectivity index (χ2v) is 2.85. The maximum atomic E-state index is 9.11. The van der Waals surface area contributed by atoms with Crippen LogP contribution in [0.1, 0.15) is 0 Å². The van der Waals surface area contributed by atoms with E-state index < -0.39 is 6.10 Å². The Morgan fingerprint density at radius 1 is 1.29 bits per heavy atom. The van der Waals surface area contributed by atoms with Gasteiger partial charge in [-0.1, -0.05) is 0 Å². The van der Waals surface area contributed by atoms with Crippen LogP contribution < -0.4 is 10.5 Å². The Bertz CT molecular complexity index is 303. The van der Waals surface area contributed by atoms with Crippen molar-refractivity contribution in [2.75, 3.05) is 13.2 Å².